The van der Waals surface area contributed by atoms with E-state index in [0.717, 1.165) is 5.56 Å². The van der Waals surface area contributed by atoms with Gasteiger partial charge in [-0.05, 0) is 37.1 Å². The molecule has 18 heavy (non-hydrogen) atoms. The Morgan fingerprint density at radius 3 is 2.61 bits per heavy atom. The molecule has 0 aliphatic heterocycles. The van der Waals surface area contributed by atoms with Gasteiger partial charge in [0.15, 0.2) is 0 Å². The number of aryl methyl sites for hydroxylation is 1. The Morgan fingerprint density at radius 1 is 1.44 bits per heavy atom. The summed E-state index contributed by atoms with van der Waals surface area (Å²) < 4.78 is 0. The highest BCUT2D eigenvalue weighted by atomic mass is 35.5. The molecule has 1 rings (SSSR count). The molecular weight excluding hydrogens is 254 g/mol. The maximum atomic E-state index is 11.9. The fourth-order valence-corrected chi connectivity index (χ4v) is 1.89. The highest BCUT2D eigenvalue weighted by Crippen LogP contribution is 2.15. The Hall–Kier alpha value is -1.55. The molecule has 0 aliphatic rings. The third kappa shape index (κ3) is 3.74. The van der Waals surface area contributed by atoms with E-state index in [4.69, 9.17) is 16.7 Å². The van der Waals surface area contributed by atoms with Crippen molar-refractivity contribution in [2.24, 2.45) is 0 Å². The second-order valence-corrected chi connectivity index (χ2v) is 4.55. The molecule has 1 amide bonds. The molecule has 2 N–H and O–H groups in total. The van der Waals surface area contributed by atoms with Crippen molar-refractivity contribution < 1.29 is 14.7 Å². The average molecular weight is 270 g/mol. The minimum atomic E-state index is -1.02. The predicted molar refractivity (Wildman–Crippen MR) is 70.0 cm³/mol. The monoisotopic (exact) mass is 269 g/mol. The van der Waals surface area contributed by atoms with Gasteiger partial charge in [0.1, 0.15) is 6.04 Å². The molecule has 0 radical (unpaired) electrons. The van der Waals surface area contributed by atoms with E-state index in [1.807, 2.05) is 6.92 Å². The quantitative estimate of drug-likeness (QED) is 0.863. The summed E-state index contributed by atoms with van der Waals surface area (Å²) in [6, 6.07) is 4.03. The van der Waals surface area contributed by atoms with Gasteiger partial charge in [-0.2, -0.15) is 0 Å². The van der Waals surface area contributed by atoms with E-state index in [2.05, 4.69) is 5.32 Å². The van der Waals surface area contributed by atoms with Crippen LogP contribution in [-0.2, 0) is 4.79 Å². The van der Waals surface area contributed by atoms with Gasteiger partial charge in [-0.1, -0.05) is 24.9 Å². The molecule has 0 aromatic heterocycles. The first-order valence-corrected chi connectivity index (χ1v) is 6.13. The zero-order valence-electron chi connectivity index (χ0n) is 10.4. The van der Waals surface area contributed by atoms with Gasteiger partial charge in [0, 0.05) is 10.6 Å². The standard InChI is InChI=1S/C13H16ClNO3/c1-3-4-11(13(17)18)15-12(16)10-6-5-9(14)7-8(10)2/h5-7,11H,3-4H2,1-2H3,(H,15,16)(H,17,18)/t11-/m1/s1. The predicted octanol–water partition coefficient (Wildman–Crippen LogP) is 2.63. The molecule has 0 unspecified atom stereocenters. The van der Waals surface area contributed by atoms with Crippen molar-refractivity contribution in [2.75, 3.05) is 0 Å². The number of hydrogen-bond donors (Lipinski definition) is 2. The maximum Gasteiger partial charge on any atom is 0.326 e. The van der Waals surface area contributed by atoms with Crippen molar-refractivity contribution >= 4 is 23.5 Å². The maximum absolute atomic E-state index is 11.9. The number of rotatable bonds is 5. The third-order valence-corrected chi connectivity index (χ3v) is 2.85. The van der Waals surface area contributed by atoms with E-state index < -0.39 is 12.0 Å². The zero-order chi connectivity index (χ0) is 13.7. The van der Waals surface area contributed by atoms with E-state index in [-0.39, 0.29) is 5.91 Å². The minimum absolute atomic E-state index is 0.384. The van der Waals surface area contributed by atoms with Crippen LogP contribution in [0.1, 0.15) is 35.7 Å². The molecule has 0 bridgehead atoms. The van der Waals surface area contributed by atoms with Crippen molar-refractivity contribution in [2.45, 2.75) is 32.7 Å². The number of hydrogen-bond acceptors (Lipinski definition) is 2. The lowest BCUT2D eigenvalue weighted by molar-refractivity contribution is -0.139. The second kappa shape index (κ2) is 6.40. The summed E-state index contributed by atoms with van der Waals surface area (Å²) in [5.74, 6) is -1.40. The van der Waals surface area contributed by atoms with Gasteiger partial charge in [-0.25, -0.2) is 4.79 Å². The van der Waals surface area contributed by atoms with E-state index >= 15 is 0 Å². The van der Waals surface area contributed by atoms with Crippen LogP contribution in [0, 0.1) is 6.92 Å². The smallest absolute Gasteiger partial charge is 0.326 e. The van der Waals surface area contributed by atoms with Gasteiger partial charge in [0.2, 0.25) is 0 Å². The van der Waals surface area contributed by atoms with Crippen LogP contribution in [0.5, 0.6) is 0 Å². The van der Waals surface area contributed by atoms with Crippen LogP contribution >= 0.6 is 11.6 Å². The van der Waals surface area contributed by atoms with Gasteiger partial charge in [-0.15, -0.1) is 0 Å². The van der Waals surface area contributed by atoms with Crippen LogP contribution in [0.25, 0.3) is 0 Å². The third-order valence-electron chi connectivity index (χ3n) is 2.61. The number of halogens is 1. The Labute approximate surface area is 111 Å². The number of nitrogens with one attached hydrogen (secondary N) is 1. The first-order chi connectivity index (χ1) is 8.45. The van der Waals surface area contributed by atoms with Crippen molar-refractivity contribution in [3.63, 3.8) is 0 Å². The van der Waals surface area contributed by atoms with Crippen LogP contribution < -0.4 is 5.32 Å². The molecule has 1 atom stereocenters. The summed E-state index contributed by atoms with van der Waals surface area (Å²) in [5, 5.41) is 12.0. The van der Waals surface area contributed by atoms with E-state index in [1.165, 1.54) is 0 Å². The molecule has 0 fully saturated rings. The zero-order valence-corrected chi connectivity index (χ0v) is 11.1. The van der Waals surface area contributed by atoms with E-state index in [9.17, 15) is 9.59 Å². The number of amides is 1. The molecule has 1 aromatic rings. The van der Waals surface area contributed by atoms with Crippen LogP contribution in [0.2, 0.25) is 5.02 Å². The lowest BCUT2D eigenvalue weighted by atomic mass is 10.1. The second-order valence-electron chi connectivity index (χ2n) is 4.11. The largest absolute Gasteiger partial charge is 0.480 e. The molecule has 0 heterocycles. The summed E-state index contributed by atoms with van der Waals surface area (Å²) in [4.78, 5) is 22.9. The van der Waals surface area contributed by atoms with Gasteiger partial charge < -0.3 is 10.4 Å². The first kappa shape index (κ1) is 14.5. The Balaban J connectivity index is 2.83. The number of carbonyl (C=O) groups excluding carboxylic acids is 1. The number of aliphatic carboxylic acids is 1. The fraction of sp³-hybridized carbons (Fsp3) is 0.385. The van der Waals surface area contributed by atoms with Gasteiger partial charge >= 0.3 is 5.97 Å². The normalized spacial score (nSPS) is 11.9. The van der Waals surface area contributed by atoms with Crippen LogP contribution in [0.4, 0.5) is 0 Å². The van der Waals surface area contributed by atoms with Crippen molar-refractivity contribution in [1.29, 1.82) is 0 Å². The highest BCUT2D eigenvalue weighted by Gasteiger charge is 2.20. The SMILES string of the molecule is CCC[C@@H](NC(=O)c1ccc(Cl)cc1C)C(=O)O. The molecule has 0 aliphatic carbocycles. The summed E-state index contributed by atoms with van der Waals surface area (Å²) in [7, 11) is 0. The summed E-state index contributed by atoms with van der Waals surface area (Å²) in [5.41, 5.74) is 1.17. The number of carboxylic acid groups (broad SMARTS) is 1. The molecular formula is C13H16ClNO3. The molecule has 0 saturated heterocycles. The van der Waals surface area contributed by atoms with Crippen molar-refractivity contribution in [1.82, 2.24) is 5.32 Å². The van der Waals surface area contributed by atoms with Crippen LogP contribution in [-0.4, -0.2) is 23.0 Å². The molecule has 0 saturated carbocycles. The summed E-state index contributed by atoms with van der Waals surface area (Å²) in [6.07, 6.45) is 1.10. The Bertz CT molecular complexity index is 460. The van der Waals surface area contributed by atoms with Gasteiger partial charge in [0.05, 0.1) is 0 Å². The van der Waals surface area contributed by atoms with E-state index in [0.29, 0.717) is 23.4 Å². The average Bonchev–Trinajstić information content (AvgIpc) is 2.27. The fourth-order valence-electron chi connectivity index (χ4n) is 1.66. The molecule has 1 aromatic carbocycles. The first-order valence-electron chi connectivity index (χ1n) is 5.75. The van der Waals surface area contributed by atoms with Gasteiger partial charge in [0.25, 0.3) is 5.91 Å². The number of carbonyl (C=O) groups is 2. The number of benzene rings is 1. The number of carboxylic acids is 1. The van der Waals surface area contributed by atoms with Crippen LogP contribution in [0.3, 0.4) is 0 Å². The molecule has 5 heteroatoms. The lowest BCUT2D eigenvalue weighted by Gasteiger charge is -2.14. The van der Waals surface area contributed by atoms with Crippen LogP contribution in [0.15, 0.2) is 18.2 Å². The van der Waals surface area contributed by atoms with Gasteiger partial charge in [-0.3, -0.25) is 4.79 Å². The Kier molecular flexibility index (Phi) is 5.16. The molecule has 4 nitrogen and oxygen atoms in total. The summed E-state index contributed by atoms with van der Waals surface area (Å²) >= 11 is 5.80. The molecule has 98 valence electrons. The van der Waals surface area contributed by atoms with E-state index in [1.54, 1.807) is 25.1 Å². The molecule has 0 spiro atoms. The highest BCUT2D eigenvalue weighted by molar-refractivity contribution is 6.30. The van der Waals surface area contributed by atoms with Crippen molar-refractivity contribution in [3.8, 4) is 0 Å². The minimum Gasteiger partial charge on any atom is -0.480 e. The topological polar surface area (TPSA) is 66.4 Å². The Morgan fingerprint density at radius 2 is 2.11 bits per heavy atom. The lowest BCUT2D eigenvalue weighted by Crippen LogP contribution is -2.40. The van der Waals surface area contributed by atoms with Crippen molar-refractivity contribution in [3.05, 3.63) is 34.3 Å². The summed E-state index contributed by atoms with van der Waals surface area (Å²) in [6.45, 7) is 3.63.